The smallest absolute Gasteiger partial charge is 0.393 e. The molecular formula is C17H22ClF3N2O4S. The van der Waals surface area contributed by atoms with Crippen molar-refractivity contribution in [1.29, 1.82) is 0 Å². The van der Waals surface area contributed by atoms with Gasteiger partial charge in [-0.15, -0.1) is 0 Å². The summed E-state index contributed by atoms with van der Waals surface area (Å²) < 4.78 is 69.2. The fraction of sp³-hybridized carbons (Fsp3) is 0.471. The molecule has 11 heteroatoms. The molecule has 0 saturated heterocycles. The topological polar surface area (TPSA) is 68.2 Å². The largest absolute Gasteiger partial charge is 0.516 e. The molecule has 1 aromatic carbocycles. The van der Waals surface area contributed by atoms with Crippen LogP contribution in [-0.4, -0.2) is 46.5 Å². The van der Waals surface area contributed by atoms with Gasteiger partial charge in [-0.3, -0.25) is 4.31 Å². The van der Waals surface area contributed by atoms with E-state index >= 15 is 0 Å². The zero-order valence-corrected chi connectivity index (χ0v) is 17.5. The third-order valence-corrected chi connectivity index (χ3v) is 5.19. The lowest BCUT2D eigenvalue weighted by Crippen LogP contribution is -2.41. The van der Waals surface area contributed by atoms with Gasteiger partial charge < -0.3 is 9.57 Å². The third-order valence-electron chi connectivity index (χ3n) is 3.45. The van der Waals surface area contributed by atoms with Crippen LogP contribution >= 0.6 is 11.6 Å². The molecule has 0 spiro atoms. The zero-order chi connectivity index (χ0) is 21.5. The number of allylic oxidation sites excluding steroid dienone is 1. The minimum absolute atomic E-state index is 0.0971. The first-order valence-corrected chi connectivity index (χ1v) is 9.91. The fourth-order valence-electron chi connectivity index (χ4n) is 2.04. The first-order valence-electron chi connectivity index (χ1n) is 8.09. The second kappa shape index (κ2) is 10.1. The molecule has 0 N–H and O–H groups in total. The molecule has 6 nitrogen and oxygen atoms in total. The minimum atomic E-state index is -5.66. The second-order valence-electron chi connectivity index (χ2n) is 5.93. The van der Waals surface area contributed by atoms with E-state index in [1.54, 1.807) is 13.8 Å². The number of benzene rings is 1. The van der Waals surface area contributed by atoms with E-state index in [0.29, 0.717) is 5.57 Å². The van der Waals surface area contributed by atoms with Crippen molar-refractivity contribution < 1.29 is 31.2 Å². The number of hydrogen-bond acceptors (Lipinski definition) is 5. The monoisotopic (exact) mass is 442 g/mol. The van der Waals surface area contributed by atoms with Crippen LogP contribution < -0.4 is 4.31 Å². The molecule has 0 bridgehead atoms. The lowest BCUT2D eigenvalue weighted by Gasteiger charge is -2.26. The molecule has 0 radical (unpaired) electrons. The number of oxime groups is 1. The van der Waals surface area contributed by atoms with Crippen molar-refractivity contribution in [2.45, 2.75) is 26.3 Å². The minimum Gasteiger partial charge on any atom is -0.393 e. The molecule has 0 saturated carbocycles. The van der Waals surface area contributed by atoms with E-state index in [2.05, 4.69) is 5.16 Å². The van der Waals surface area contributed by atoms with Gasteiger partial charge in [0.05, 0.1) is 24.6 Å². The number of rotatable bonds is 9. The number of hydrogen-bond donors (Lipinski definition) is 0. The van der Waals surface area contributed by atoms with Crippen LogP contribution in [-0.2, 0) is 19.6 Å². The Bertz CT molecular complexity index is 835. The summed E-state index contributed by atoms with van der Waals surface area (Å²) in [5.41, 5.74) is -4.77. The first kappa shape index (κ1) is 24.3. The Morgan fingerprint density at radius 1 is 1.25 bits per heavy atom. The Morgan fingerprint density at radius 3 is 2.43 bits per heavy atom. The Balaban J connectivity index is 3.51. The van der Waals surface area contributed by atoms with Crippen LogP contribution in [0, 0.1) is 0 Å². The highest BCUT2D eigenvalue weighted by atomic mass is 35.5. The van der Waals surface area contributed by atoms with E-state index < -0.39 is 22.1 Å². The number of halogens is 4. The van der Waals surface area contributed by atoms with Gasteiger partial charge in [0.15, 0.2) is 0 Å². The standard InChI is InChI=1S/C17H22ClF3N2O4S/c1-12(2)7-8-23(28(24,25)17(19,20)21)16-6-5-14(18)11-15(16)13(3)22-27-10-9-26-4/h5-7,11H,8-10H2,1-4H3/b22-13+. The molecule has 28 heavy (non-hydrogen) atoms. The van der Waals surface area contributed by atoms with E-state index in [0.717, 1.165) is 0 Å². The third kappa shape index (κ3) is 6.39. The van der Waals surface area contributed by atoms with Crippen LogP contribution in [0.2, 0.25) is 5.02 Å². The van der Waals surface area contributed by atoms with Crippen molar-refractivity contribution in [3.8, 4) is 0 Å². The molecule has 0 unspecified atom stereocenters. The van der Waals surface area contributed by atoms with E-state index in [4.69, 9.17) is 21.2 Å². The molecule has 0 atom stereocenters. The molecule has 1 aromatic rings. The number of alkyl halides is 3. The molecule has 0 aliphatic carbocycles. The number of nitrogens with zero attached hydrogens (tertiary/aromatic N) is 2. The summed E-state index contributed by atoms with van der Waals surface area (Å²) >= 11 is 5.96. The predicted molar refractivity (Wildman–Crippen MR) is 103 cm³/mol. The van der Waals surface area contributed by atoms with Crippen LogP contribution in [0.25, 0.3) is 0 Å². The summed E-state index contributed by atoms with van der Waals surface area (Å²) in [6.45, 7) is 4.65. The van der Waals surface area contributed by atoms with Gasteiger partial charge in [0.25, 0.3) is 0 Å². The van der Waals surface area contributed by atoms with Crippen LogP contribution in [0.4, 0.5) is 18.9 Å². The van der Waals surface area contributed by atoms with Gasteiger partial charge in [0.1, 0.15) is 6.61 Å². The second-order valence-corrected chi connectivity index (χ2v) is 8.22. The summed E-state index contributed by atoms with van der Waals surface area (Å²) in [6.07, 6.45) is 1.38. The molecule has 1 rings (SSSR count). The first-order chi connectivity index (χ1) is 12.9. The van der Waals surface area contributed by atoms with Crippen LogP contribution in [0.1, 0.15) is 26.3 Å². The average molecular weight is 443 g/mol. The van der Waals surface area contributed by atoms with Crippen molar-refractivity contribution in [2.24, 2.45) is 5.16 Å². The van der Waals surface area contributed by atoms with Crippen LogP contribution in [0.5, 0.6) is 0 Å². The highest BCUT2D eigenvalue weighted by molar-refractivity contribution is 7.93. The summed E-state index contributed by atoms with van der Waals surface area (Å²) in [7, 11) is -4.19. The number of ether oxygens (including phenoxy) is 1. The lowest BCUT2D eigenvalue weighted by atomic mass is 10.1. The Hall–Kier alpha value is -1.78. The quantitative estimate of drug-likeness (QED) is 0.247. The number of sulfonamides is 1. The summed E-state index contributed by atoms with van der Waals surface area (Å²) in [4.78, 5) is 5.03. The van der Waals surface area contributed by atoms with Gasteiger partial charge in [-0.2, -0.15) is 21.6 Å². The molecular weight excluding hydrogens is 421 g/mol. The van der Waals surface area contributed by atoms with E-state index in [9.17, 15) is 21.6 Å². The average Bonchev–Trinajstić information content (AvgIpc) is 2.58. The molecule has 158 valence electrons. The maximum absolute atomic E-state index is 13.2. The van der Waals surface area contributed by atoms with Gasteiger partial charge in [-0.05, 0) is 39.0 Å². The summed E-state index contributed by atoms with van der Waals surface area (Å²) in [6, 6.07) is 3.84. The Kier molecular flexibility index (Phi) is 8.77. The molecule has 0 fully saturated rings. The van der Waals surface area contributed by atoms with Crippen LogP contribution in [0.15, 0.2) is 35.0 Å². The number of anilines is 1. The van der Waals surface area contributed by atoms with E-state index in [-0.39, 0.29) is 39.5 Å². The van der Waals surface area contributed by atoms with Crippen molar-refractivity contribution >= 4 is 33.0 Å². The van der Waals surface area contributed by atoms with Crippen molar-refractivity contribution in [1.82, 2.24) is 0 Å². The maximum Gasteiger partial charge on any atom is 0.516 e. The number of methoxy groups -OCH3 is 1. The summed E-state index contributed by atoms with van der Waals surface area (Å²) in [5.74, 6) is 0. The Labute approximate surface area is 167 Å². The van der Waals surface area contributed by atoms with Crippen molar-refractivity contribution in [3.05, 3.63) is 40.4 Å². The van der Waals surface area contributed by atoms with E-state index in [1.165, 1.54) is 38.3 Å². The van der Waals surface area contributed by atoms with Crippen molar-refractivity contribution in [3.63, 3.8) is 0 Å². The van der Waals surface area contributed by atoms with Gasteiger partial charge in [-0.25, -0.2) is 0 Å². The van der Waals surface area contributed by atoms with Gasteiger partial charge in [0.2, 0.25) is 0 Å². The Morgan fingerprint density at radius 2 is 1.89 bits per heavy atom. The summed E-state index contributed by atoms with van der Waals surface area (Å²) in [5, 5.41) is 4.02. The predicted octanol–water partition coefficient (Wildman–Crippen LogP) is 4.35. The van der Waals surface area contributed by atoms with Gasteiger partial charge in [-0.1, -0.05) is 28.4 Å². The van der Waals surface area contributed by atoms with Gasteiger partial charge in [0, 0.05) is 17.7 Å². The SMILES string of the molecule is COCCO/N=C(\C)c1cc(Cl)ccc1N(CC=C(C)C)S(=O)(=O)C(F)(F)F. The zero-order valence-electron chi connectivity index (χ0n) is 15.9. The van der Waals surface area contributed by atoms with Crippen LogP contribution in [0.3, 0.4) is 0 Å². The molecule has 0 aliphatic heterocycles. The van der Waals surface area contributed by atoms with Crippen molar-refractivity contribution in [2.75, 3.05) is 31.2 Å². The molecule has 0 heterocycles. The maximum atomic E-state index is 13.2. The highest BCUT2D eigenvalue weighted by Gasteiger charge is 2.50. The fourth-order valence-corrected chi connectivity index (χ4v) is 3.16. The normalized spacial score (nSPS) is 12.6. The molecule has 0 aromatic heterocycles. The van der Waals surface area contributed by atoms with Gasteiger partial charge >= 0.3 is 15.5 Å². The van der Waals surface area contributed by atoms with E-state index in [1.807, 2.05) is 0 Å². The highest BCUT2D eigenvalue weighted by Crippen LogP contribution is 2.34. The molecule has 0 amide bonds. The molecule has 0 aliphatic rings. The lowest BCUT2D eigenvalue weighted by molar-refractivity contribution is -0.0437.